The Kier molecular flexibility index (Phi) is 10.0. The van der Waals surface area contributed by atoms with Gasteiger partial charge in [0.1, 0.15) is 0 Å². The monoisotopic (exact) mass is 398 g/mol. The van der Waals surface area contributed by atoms with Crippen molar-refractivity contribution in [2.75, 3.05) is 45.9 Å². The van der Waals surface area contributed by atoms with Crippen molar-refractivity contribution in [3.8, 4) is 0 Å². The summed E-state index contributed by atoms with van der Waals surface area (Å²) < 4.78 is 12.5. The van der Waals surface area contributed by atoms with E-state index in [1.165, 1.54) is 0 Å². The van der Waals surface area contributed by atoms with Crippen LogP contribution >= 0.6 is 0 Å². The van der Waals surface area contributed by atoms with E-state index < -0.39 is 5.79 Å². The van der Waals surface area contributed by atoms with Crippen LogP contribution in [0.5, 0.6) is 0 Å². The van der Waals surface area contributed by atoms with E-state index in [9.17, 15) is 4.79 Å². The molecule has 5 nitrogen and oxygen atoms in total. The maximum atomic E-state index is 13.7. The molecule has 0 radical (unpaired) electrons. The van der Waals surface area contributed by atoms with E-state index in [1.807, 2.05) is 55.5 Å². The Morgan fingerprint density at radius 2 is 1.48 bits per heavy atom. The summed E-state index contributed by atoms with van der Waals surface area (Å²) in [5.74, 6) is -1.65. The zero-order valence-corrected chi connectivity index (χ0v) is 17.9. The van der Waals surface area contributed by atoms with Crippen molar-refractivity contribution in [3.63, 3.8) is 0 Å². The Morgan fingerprint density at radius 3 is 2.07 bits per heavy atom. The number of likely N-dealkylation sites (N-methyl/N-ethyl adjacent to an activating group) is 2. The van der Waals surface area contributed by atoms with E-state index in [-0.39, 0.29) is 5.78 Å². The number of hydrogen-bond acceptors (Lipinski definition) is 5. The Bertz CT molecular complexity index is 705. The highest BCUT2D eigenvalue weighted by Crippen LogP contribution is 2.32. The normalized spacial score (nSPS) is 13.4. The van der Waals surface area contributed by atoms with E-state index in [1.54, 1.807) is 12.1 Å². The van der Waals surface area contributed by atoms with Gasteiger partial charge in [0.2, 0.25) is 5.78 Å². The van der Waals surface area contributed by atoms with Crippen LogP contribution in [0.15, 0.2) is 60.7 Å². The van der Waals surface area contributed by atoms with Crippen molar-refractivity contribution in [2.24, 2.45) is 0 Å². The number of nitrogens with one attached hydrogen (secondary N) is 1. The van der Waals surface area contributed by atoms with Crippen molar-refractivity contribution < 1.29 is 14.3 Å². The third-order valence-corrected chi connectivity index (χ3v) is 4.93. The lowest BCUT2D eigenvalue weighted by Crippen LogP contribution is -2.44. The quantitative estimate of drug-likeness (QED) is 0.299. The Hall–Kier alpha value is -2.05. The summed E-state index contributed by atoms with van der Waals surface area (Å²) in [6.45, 7) is 11.1. The molecule has 0 aliphatic rings. The average molecular weight is 399 g/mol. The van der Waals surface area contributed by atoms with Gasteiger partial charge in [-0.1, -0.05) is 81.4 Å². The first kappa shape index (κ1) is 23.2. The molecule has 0 aliphatic carbocycles. The molecular weight excluding hydrogens is 364 g/mol. The predicted molar refractivity (Wildman–Crippen MR) is 117 cm³/mol. The first-order chi connectivity index (χ1) is 14.2. The van der Waals surface area contributed by atoms with Gasteiger partial charge in [-0.15, -0.1) is 0 Å². The number of benzene rings is 2. The molecule has 2 aromatic carbocycles. The van der Waals surface area contributed by atoms with E-state index >= 15 is 0 Å². The first-order valence-electron chi connectivity index (χ1n) is 10.5. The standard InChI is InChI=1S/C24H34N2O3/c1-4-25-17-19-28-24(22-15-11-8-12-16-22,29-20-18-26(5-2)6-3)23(27)21-13-9-7-10-14-21/h7-16,25H,4-6,17-20H2,1-3H3. The molecule has 2 aromatic rings. The summed E-state index contributed by atoms with van der Waals surface area (Å²) in [4.78, 5) is 15.9. The second kappa shape index (κ2) is 12.5. The van der Waals surface area contributed by atoms with Gasteiger partial charge in [0.25, 0.3) is 5.79 Å². The van der Waals surface area contributed by atoms with Crippen LogP contribution in [0.1, 0.15) is 36.7 Å². The fraction of sp³-hybridized carbons (Fsp3) is 0.458. The molecule has 1 atom stereocenters. The zero-order chi connectivity index (χ0) is 21.0. The number of Topliss-reactive ketones (excluding diaryl/α,β-unsaturated/α-hetero) is 1. The van der Waals surface area contributed by atoms with Crippen LogP contribution in [0.25, 0.3) is 0 Å². The van der Waals surface area contributed by atoms with Gasteiger partial charge in [-0.05, 0) is 19.6 Å². The van der Waals surface area contributed by atoms with Crippen LogP contribution in [-0.4, -0.2) is 56.6 Å². The predicted octanol–water partition coefficient (Wildman–Crippen LogP) is 3.71. The molecule has 29 heavy (non-hydrogen) atoms. The molecule has 2 rings (SSSR count). The Morgan fingerprint density at radius 1 is 0.897 bits per heavy atom. The highest BCUT2D eigenvalue weighted by Gasteiger charge is 2.43. The minimum Gasteiger partial charge on any atom is -0.338 e. The number of carbonyl (C=O) groups excluding carboxylic acids is 1. The zero-order valence-electron chi connectivity index (χ0n) is 17.9. The maximum absolute atomic E-state index is 13.7. The van der Waals surface area contributed by atoms with E-state index in [2.05, 4.69) is 24.1 Å². The van der Waals surface area contributed by atoms with Crippen molar-refractivity contribution in [1.82, 2.24) is 10.2 Å². The third-order valence-electron chi connectivity index (χ3n) is 4.93. The lowest BCUT2D eigenvalue weighted by Gasteiger charge is -2.34. The Balaban J connectivity index is 2.36. The Labute approximate surface area is 175 Å². The van der Waals surface area contributed by atoms with Crippen LogP contribution in [0, 0.1) is 0 Å². The van der Waals surface area contributed by atoms with Crippen molar-refractivity contribution in [2.45, 2.75) is 26.6 Å². The molecule has 0 aromatic heterocycles. The second-order valence-corrected chi connectivity index (χ2v) is 6.76. The summed E-state index contributed by atoms with van der Waals surface area (Å²) in [6, 6.07) is 18.8. The highest BCUT2D eigenvalue weighted by atomic mass is 16.7. The molecule has 0 spiro atoms. The van der Waals surface area contributed by atoms with Crippen molar-refractivity contribution in [1.29, 1.82) is 0 Å². The van der Waals surface area contributed by atoms with Gasteiger partial charge in [0.15, 0.2) is 0 Å². The minimum absolute atomic E-state index is 0.180. The van der Waals surface area contributed by atoms with E-state index in [0.29, 0.717) is 30.9 Å². The second-order valence-electron chi connectivity index (χ2n) is 6.76. The summed E-state index contributed by atoms with van der Waals surface area (Å²) in [5, 5.41) is 3.24. The van der Waals surface area contributed by atoms with E-state index in [4.69, 9.17) is 9.47 Å². The fourth-order valence-corrected chi connectivity index (χ4v) is 3.21. The summed E-state index contributed by atoms with van der Waals surface area (Å²) in [5.41, 5.74) is 1.28. The van der Waals surface area contributed by atoms with Gasteiger partial charge < -0.3 is 19.7 Å². The first-order valence-corrected chi connectivity index (χ1v) is 10.5. The van der Waals surface area contributed by atoms with Crippen molar-refractivity contribution in [3.05, 3.63) is 71.8 Å². The number of ketones is 1. The molecule has 0 amide bonds. The van der Waals surface area contributed by atoms with Crippen LogP contribution < -0.4 is 5.32 Å². The van der Waals surface area contributed by atoms with Gasteiger partial charge in [-0.2, -0.15) is 0 Å². The molecule has 5 heteroatoms. The van der Waals surface area contributed by atoms with Gasteiger partial charge in [0, 0.05) is 24.2 Å². The minimum atomic E-state index is -1.47. The van der Waals surface area contributed by atoms with Crippen molar-refractivity contribution >= 4 is 5.78 Å². The van der Waals surface area contributed by atoms with Gasteiger partial charge in [0.05, 0.1) is 13.2 Å². The van der Waals surface area contributed by atoms with Gasteiger partial charge in [-0.3, -0.25) is 4.79 Å². The molecule has 0 aliphatic heterocycles. The average Bonchev–Trinajstić information content (AvgIpc) is 2.79. The van der Waals surface area contributed by atoms with Gasteiger partial charge in [-0.25, -0.2) is 0 Å². The largest absolute Gasteiger partial charge is 0.338 e. The van der Waals surface area contributed by atoms with Crippen LogP contribution in [0.2, 0.25) is 0 Å². The lowest BCUT2D eigenvalue weighted by atomic mass is 9.95. The van der Waals surface area contributed by atoms with E-state index in [0.717, 1.165) is 26.2 Å². The highest BCUT2D eigenvalue weighted by molar-refractivity contribution is 6.02. The lowest BCUT2D eigenvalue weighted by molar-refractivity contribution is -0.210. The summed E-state index contributed by atoms with van der Waals surface area (Å²) in [7, 11) is 0. The summed E-state index contributed by atoms with van der Waals surface area (Å²) in [6.07, 6.45) is 0. The van der Waals surface area contributed by atoms with Crippen LogP contribution in [0.4, 0.5) is 0 Å². The molecule has 0 bridgehead atoms. The van der Waals surface area contributed by atoms with Gasteiger partial charge >= 0.3 is 0 Å². The number of ether oxygens (including phenoxy) is 2. The maximum Gasteiger partial charge on any atom is 0.261 e. The fourth-order valence-electron chi connectivity index (χ4n) is 3.21. The number of carbonyl (C=O) groups is 1. The molecule has 0 heterocycles. The molecule has 158 valence electrons. The smallest absolute Gasteiger partial charge is 0.261 e. The molecule has 1 N–H and O–H groups in total. The SMILES string of the molecule is CCNCCOC(OCCN(CC)CC)(C(=O)c1ccccc1)c1ccccc1. The molecule has 0 saturated heterocycles. The van der Waals surface area contributed by atoms with Crippen LogP contribution in [0.3, 0.4) is 0 Å². The molecular formula is C24H34N2O3. The topological polar surface area (TPSA) is 50.8 Å². The summed E-state index contributed by atoms with van der Waals surface area (Å²) >= 11 is 0. The third kappa shape index (κ3) is 6.47. The number of rotatable bonds is 14. The molecule has 1 unspecified atom stereocenters. The molecule has 0 saturated carbocycles. The molecule has 0 fully saturated rings. The number of hydrogen-bond donors (Lipinski definition) is 1. The van der Waals surface area contributed by atoms with Crippen LogP contribution in [-0.2, 0) is 15.3 Å². The number of nitrogens with zero attached hydrogens (tertiary/aromatic N) is 1.